The van der Waals surface area contributed by atoms with Crippen molar-refractivity contribution in [1.29, 1.82) is 0 Å². The Morgan fingerprint density at radius 3 is 0.804 bits per heavy atom. The summed E-state index contributed by atoms with van der Waals surface area (Å²) < 4.78 is 13.8. The highest BCUT2D eigenvalue weighted by Crippen LogP contribution is 2.45. The van der Waals surface area contributed by atoms with Crippen LogP contribution in [0.2, 0.25) is 0 Å². The standard InChI is InChI=1S/C42H38O4/c43-41(35-23-11-3-12-24-35,36-25-13-4-14-26-36)39(45-31-33-19-7-1-8-20-33)40(46-32-34-21-9-2-10-22-34)42(44,37-27-15-5-16-28-37)38-29-17-6-18-30-38/h1-30,39-40,43-44H,31-32H2/t39-,40-/m1/s1. The molecule has 0 saturated heterocycles. The number of hydrogen-bond acceptors (Lipinski definition) is 4. The molecule has 230 valence electrons. The van der Waals surface area contributed by atoms with E-state index in [0.717, 1.165) is 11.1 Å². The van der Waals surface area contributed by atoms with E-state index in [1.807, 2.05) is 182 Å². The van der Waals surface area contributed by atoms with E-state index in [0.29, 0.717) is 22.3 Å². The van der Waals surface area contributed by atoms with Crippen LogP contribution in [0, 0.1) is 0 Å². The summed E-state index contributed by atoms with van der Waals surface area (Å²) in [4.78, 5) is 0. The minimum absolute atomic E-state index is 0.179. The summed E-state index contributed by atoms with van der Waals surface area (Å²) in [5.74, 6) is 0. The van der Waals surface area contributed by atoms with E-state index in [4.69, 9.17) is 9.47 Å². The lowest BCUT2D eigenvalue weighted by molar-refractivity contribution is -0.214. The quantitative estimate of drug-likeness (QED) is 0.140. The SMILES string of the molecule is OC(c1ccccc1)(c1ccccc1)[C@H](OCc1ccccc1)[C@@H](OCc1ccccc1)C(O)(c1ccccc1)c1ccccc1. The maximum Gasteiger partial charge on any atom is 0.143 e. The van der Waals surface area contributed by atoms with Gasteiger partial charge in [0, 0.05) is 0 Å². The monoisotopic (exact) mass is 606 g/mol. The van der Waals surface area contributed by atoms with E-state index < -0.39 is 23.4 Å². The summed E-state index contributed by atoms with van der Waals surface area (Å²) in [5.41, 5.74) is 0.868. The Balaban J connectivity index is 1.60. The second-order valence-electron chi connectivity index (χ2n) is 11.4. The van der Waals surface area contributed by atoms with Gasteiger partial charge in [-0.2, -0.15) is 0 Å². The Morgan fingerprint density at radius 2 is 0.565 bits per heavy atom. The maximum absolute atomic E-state index is 13.3. The number of hydrogen-bond donors (Lipinski definition) is 2. The van der Waals surface area contributed by atoms with Crippen molar-refractivity contribution >= 4 is 0 Å². The fourth-order valence-electron chi connectivity index (χ4n) is 6.13. The molecule has 6 aromatic carbocycles. The fraction of sp³-hybridized carbons (Fsp3) is 0.143. The zero-order valence-electron chi connectivity index (χ0n) is 25.6. The molecule has 0 aliphatic heterocycles. The summed E-state index contributed by atoms with van der Waals surface area (Å²) >= 11 is 0. The predicted molar refractivity (Wildman–Crippen MR) is 182 cm³/mol. The lowest BCUT2D eigenvalue weighted by Gasteiger charge is -2.47. The summed E-state index contributed by atoms with van der Waals surface area (Å²) in [6.07, 6.45) is -2.21. The fourth-order valence-corrected chi connectivity index (χ4v) is 6.13. The van der Waals surface area contributed by atoms with E-state index >= 15 is 0 Å². The van der Waals surface area contributed by atoms with Crippen LogP contribution in [-0.4, -0.2) is 22.4 Å². The Hall–Kier alpha value is -4.84. The molecule has 0 bridgehead atoms. The molecule has 0 amide bonds. The number of rotatable bonds is 13. The van der Waals surface area contributed by atoms with Gasteiger partial charge >= 0.3 is 0 Å². The van der Waals surface area contributed by atoms with Crippen LogP contribution in [0.1, 0.15) is 33.4 Å². The van der Waals surface area contributed by atoms with E-state index in [1.54, 1.807) is 0 Å². The molecule has 0 saturated carbocycles. The first-order valence-corrected chi connectivity index (χ1v) is 15.6. The van der Waals surface area contributed by atoms with Crippen LogP contribution in [0.25, 0.3) is 0 Å². The number of ether oxygens (including phenoxy) is 2. The first kappa shape index (κ1) is 31.2. The van der Waals surface area contributed by atoms with Gasteiger partial charge in [-0.25, -0.2) is 0 Å². The highest BCUT2D eigenvalue weighted by Gasteiger charge is 2.54. The molecule has 4 nitrogen and oxygen atoms in total. The van der Waals surface area contributed by atoms with Gasteiger partial charge in [0.1, 0.15) is 23.4 Å². The summed E-state index contributed by atoms with van der Waals surface area (Å²) in [6, 6.07) is 57.7. The zero-order chi connectivity index (χ0) is 31.7. The van der Waals surface area contributed by atoms with Crippen molar-refractivity contribution < 1.29 is 19.7 Å². The molecule has 0 unspecified atom stereocenters. The molecule has 6 aromatic rings. The molecule has 46 heavy (non-hydrogen) atoms. The van der Waals surface area contributed by atoms with E-state index in [1.165, 1.54) is 0 Å². The molecule has 4 heteroatoms. The Labute approximate surface area is 271 Å². The molecule has 6 rings (SSSR count). The van der Waals surface area contributed by atoms with Gasteiger partial charge in [0.2, 0.25) is 0 Å². The third kappa shape index (κ3) is 6.57. The Bertz CT molecular complexity index is 1530. The second-order valence-corrected chi connectivity index (χ2v) is 11.4. The smallest absolute Gasteiger partial charge is 0.143 e. The largest absolute Gasteiger partial charge is 0.378 e. The van der Waals surface area contributed by atoms with E-state index in [9.17, 15) is 10.2 Å². The van der Waals surface area contributed by atoms with Crippen LogP contribution in [-0.2, 0) is 33.9 Å². The first-order chi connectivity index (χ1) is 22.6. The molecular formula is C42H38O4. The van der Waals surface area contributed by atoms with Crippen molar-refractivity contribution in [3.63, 3.8) is 0 Å². The van der Waals surface area contributed by atoms with Gasteiger partial charge in [-0.1, -0.05) is 182 Å². The molecule has 0 radical (unpaired) electrons. The second kappa shape index (κ2) is 14.5. The average molecular weight is 607 g/mol. The van der Waals surface area contributed by atoms with Crippen molar-refractivity contribution in [2.75, 3.05) is 0 Å². The third-order valence-corrected chi connectivity index (χ3v) is 8.50. The van der Waals surface area contributed by atoms with Crippen LogP contribution in [0.3, 0.4) is 0 Å². The normalized spacial score (nSPS) is 13.2. The van der Waals surface area contributed by atoms with Crippen LogP contribution in [0.15, 0.2) is 182 Å². The minimum Gasteiger partial charge on any atom is -0.378 e. The molecule has 2 N–H and O–H groups in total. The number of benzene rings is 6. The number of aliphatic hydroxyl groups is 2. The van der Waals surface area contributed by atoms with Gasteiger partial charge in [-0.05, 0) is 33.4 Å². The van der Waals surface area contributed by atoms with Crippen LogP contribution in [0.4, 0.5) is 0 Å². The van der Waals surface area contributed by atoms with Crippen LogP contribution in [0.5, 0.6) is 0 Å². The van der Waals surface area contributed by atoms with Gasteiger partial charge in [0.15, 0.2) is 0 Å². The predicted octanol–water partition coefficient (Wildman–Crippen LogP) is 8.03. The van der Waals surface area contributed by atoms with Gasteiger partial charge in [-0.15, -0.1) is 0 Å². The van der Waals surface area contributed by atoms with Crippen molar-refractivity contribution in [1.82, 2.24) is 0 Å². The minimum atomic E-state index is -1.74. The van der Waals surface area contributed by atoms with Gasteiger partial charge in [0.25, 0.3) is 0 Å². The summed E-state index contributed by atoms with van der Waals surface area (Å²) in [6.45, 7) is 0.358. The molecular weight excluding hydrogens is 568 g/mol. The summed E-state index contributed by atoms with van der Waals surface area (Å²) in [5, 5.41) is 26.6. The van der Waals surface area contributed by atoms with Crippen molar-refractivity contribution in [2.45, 2.75) is 36.6 Å². The Kier molecular flexibility index (Phi) is 9.82. The average Bonchev–Trinajstić information content (AvgIpc) is 3.14. The highest BCUT2D eigenvalue weighted by atomic mass is 16.6. The third-order valence-electron chi connectivity index (χ3n) is 8.50. The van der Waals surface area contributed by atoms with E-state index in [2.05, 4.69) is 0 Å². The highest BCUT2D eigenvalue weighted by molar-refractivity contribution is 5.43. The molecule has 0 aromatic heterocycles. The molecule has 0 aliphatic carbocycles. The van der Waals surface area contributed by atoms with Crippen molar-refractivity contribution in [2.24, 2.45) is 0 Å². The molecule has 0 heterocycles. The van der Waals surface area contributed by atoms with Crippen LogP contribution < -0.4 is 0 Å². The lowest BCUT2D eigenvalue weighted by atomic mass is 9.71. The summed E-state index contributed by atoms with van der Waals surface area (Å²) in [7, 11) is 0. The topological polar surface area (TPSA) is 58.9 Å². The van der Waals surface area contributed by atoms with Crippen molar-refractivity contribution in [3.05, 3.63) is 215 Å². The molecule has 0 fully saturated rings. The molecule has 0 spiro atoms. The van der Waals surface area contributed by atoms with Gasteiger partial charge < -0.3 is 19.7 Å². The zero-order valence-corrected chi connectivity index (χ0v) is 25.6. The van der Waals surface area contributed by atoms with E-state index in [-0.39, 0.29) is 13.2 Å². The first-order valence-electron chi connectivity index (χ1n) is 15.6. The Morgan fingerprint density at radius 1 is 0.348 bits per heavy atom. The van der Waals surface area contributed by atoms with Gasteiger partial charge in [-0.3, -0.25) is 0 Å². The lowest BCUT2D eigenvalue weighted by Crippen LogP contribution is -2.58. The van der Waals surface area contributed by atoms with Crippen molar-refractivity contribution in [3.8, 4) is 0 Å². The van der Waals surface area contributed by atoms with Crippen LogP contribution >= 0.6 is 0 Å². The maximum atomic E-state index is 13.3. The molecule has 0 aliphatic rings. The van der Waals surface area contributed by atoms with Gasteiger partial charge in [0.05, 0.1) is 13.2 Å². The molecule has 2 atom stereocenters.